The molecule has 2 amide bonds. The smallest absolute Gasteiger partial charge is 0.431 e. The van der Waals surface area contributed by atoms with E-state index in [1.807, 2.05) is 122 Å². The van der Waals surface area contributed by atoms with Gasteiger partial charge in [-0.05, 0) is 175 Å². The minimum absolute atomic E-state index is 0.0145. The van der Waals surface area contributed by atoms with E-state index in [9.17, 15) is 14.4 Å². The molecule has 0 spiro atoms. The normalized spacial score (nSPS) is 17.8. The molecule has 16 rings (SSSR count). The van der Waals surface area contributed by atoms with Crippen molar-refractivity contribution >= 4 is 118 Å². The number of nitrogens with zero attached hydrogens (tertiary/aromatic N) is 17. The number of hydrogen-bond acceptors (Lipinski definition) is 24. The summed E-state index contributed by atoms with van der Waals surface area (Å²) in [7, 11) is -0.626. The van der Waals surface area contributed by atoms with E-state index >= 15 is 0 Å². The number of halogens is 1. The molecule has 6 aliphatic rings. The van der Waals surface area contributed by atoms with Crippen molar-refractivity contribution in [3.05, 3.63) is 114 Å². The summed E-state index contributed by atoms with van der Waals surface area (Å²) < 4.78 is 43.6. The Morgan fingerprint density at radius 1 is 0.594 bits per heavy atom. The average molecular weight is 1410 g/mol. The van der Waals surface area contributed by atoms with Gasteiger partial charge in [-0.25, -0.2) is 23.8 Å². The highest BCUT2D eigenvalue weighted by atomic mass is 79.9. The van der Waals surface area contributed by atoms with Gasteiger partial charge in [-0.15, -0.1) is 20.4 Å². The number of aliphatic imine (C=N–C) groups is 1. The van der Waals surface area contributed by atoms with Crippen LogP contribution in [0.2, 0.25) is 0 Å². The predicted molar refractivity (Wildman–Crippen MR) is 359 cm³/mol. The third-order valence-corrected chi connectivity index (χ3v) is 18.9. The number of anilines is 2. The van der Waals surface area contributed by atoms with Crippen LogP contribution in [0.25, 0.3) is 33.7 Å². The highest BCUT2D eigenvalue weighted by molar-refractivity contribution is 9.10. The van der Waals surface area contributed by atoms with Gasteiger partial charge in [0.2, 0.25) is 22.1 Å². The van der Waals surface area contributed by atoms with E-state index in [0.29, 0.717) is 54.4 Å². The Morgan fingerprint density at radius 3 is 1.57 bits per heavy atom. The fraction of sp³-hybridized carbons (Fsp3) is 0.410. The summed E-state index contributed by atoms with van der Waals surface area (Å²) in [6, 6.07) is 15.1. The molecule has 4 aliphatic heterocycles. The number of allylic oxidation sites excluding steroid dienone is 1. The topological polar surface area (TPSA) is 340 Å². The number of aliphatic hydroxyl groups is 2. The van der Waals surface area contributed by atoms with Gasteiger partial charge < -0.3 is 48.9 Å². The maximum atomic E-state index is 12.0. The lowest BCUT2D eigenvalue weighted by atomic mass is 9.79. The van der Waals surface area contributed by atoms with E-state index in [2.05, 4.69) is 119 Å². The molecule has 30 nitrogen and oxygen atoms in total. The summed E-state index contributed by atoms with van der Waals surface area (Å²) in [6.07, 6.45) is 21.7. The van der Waals surface area contributed by atoms with Crippen LogP contribution in [0.3, 0.4) is 0 Å². The van der Waals surface area contributed by atoms with Gasteiger partial charge in [0.05, 0.1) is 73.8 Å². The van der Waals surface area contributed by atoms with Crippen LogP contribution in [0.4, 0.5) is 16.4 Å². The summed E-state index contributed by atoms with van der Waals surface area (Å²) in [6.45, 7) is 18.9. The number of aromatic nitrogens is 16. The lowest BCUT2D eigenvalue weighted by Gasteiger charge is -2.32. The maximum absolute atomic E-state index is 12.0. The number of amides is 2. The molecule has 14 heterocycles. The quantitative estimate of drug-likeness (QED) is 0.0586. The molecule has 2 saturated carbocycles. The van der Waals surface area contributed by atoms with Crippen LogP contribution in [-0.2, 0) is 50.8 Å². The highest BCUT2D eigenvalue weighted by Gasteiger charge is 2.53. The number of pyridine rings is 2. The zero-order valence-electron chi connectivity index (χ0n) is 53.8. The molecule has 96 heavy (non-hydrogen) atoms. The first-order valence-electron chi connectivity index (χ1n) is 31.0. The van der Waals surface area contributed by atoms with Crippen molar-refractivity contribution in [1.82, 2.24) is 78.0 Å². The van der Waals surface area contributed by atoms with Crippen LogP contribution < -0.4 is 16.1 Å². The first kappa shape index (κ1) is 67.6. The molecule has 35 heteroatoms. The maximum Gasteiger partial charge on any atom is 0.508 e. The number of nitrogens with one attached hydrogen (secondary N) is 2. The molecule has 2 aliphatic carbocycles. The van der Waals surface area contributed by atoms with E-state index < -0.39 is 6.16 Å². The number of carbonyl (C=O) groups is 3. The van der Waals surface area contributed by atoms with Gasteiger partial charge in [0, 0.05) is 70.1 Å². The third-order valence-electron chi connectivity index (χ3n) is 16.6. The predicted octanol–water partition coefficient (Wildman–Crippen LogP) is 7.12. The zero-order valence-corrected chi connectivity index (χ0v) is 57.1. The fourth-order valence-corrected chi connectivity index (χ4v) is 11.4. The van der Waals surface area contributed by atoms with Crippen LogP contribution in [0.1, 0.15) is 81.1 Å². The highest BCUT2D eigenvalue weighted by Crippen LogP contribution is 2.40. The van der Waals surface area contributed by atoms with Crippen molar-refractivity contribution < 1.29 is 52.7 Å². The third kappa shape index (κ3) is 16.0. The SMILES string of the molecule is CC1(C)OB(C2=CCN=C2)OC1(C)C.CC1(C)OB(c2cnn(CCO)c2)OC1(C)C.O=C(Nc1cn2nc(Sc3nnc4ccc(-c5cnn(CCO)c5)cn34)ccc2n1)C1CC1.O=C(Nc1cn2nc(Sc3nnc4ccc(Br)cn34)ccc2n1)C1CC1.O=C1OCCO1. The molecule has 4 N–H and O–H groups in total. The van der Waals surface area contributed by atoms with Gasteiger partial charge in [-0.1, -0.05) is 6.08 Å². The largest absolute Gasteiger partial charge is 0.508 e. The van der Waals surface area contributed by atoms with Gasteiger partial charge in [-0.2, -0.15) is 20.4 Å². The van der Waals surface area contributed by atoms with E-state index in [4.69, 9.17) is 28.8 Å². The zero-order chi connectivity index (χ0) is 67.5. The summed E-state index contributed by atoms with van der Waals surface area (Å²) in [5.41, 5.74) is 5.46. The summed E-state index contributed by atoms with van der Waals surface area (Å²) in [5.74, 6) is 1.32. The lowest BCUT2D eigenvalue weighted by Crippen LogP contribution is -2.41. The Hall–Kier alpha value is -8.41. The van der Waals surface area contributed by atoms with Crippen molar-refractivity contribution in [1.29, 1.82) is 0 Å². The summed E-state index contributed by atoms with van der Waals surface area (Å²) in [4.78, 5) is 46.6. The average Bonchev–Trinajstić information content (AvgIpc) is 1.63. The van der Waals surface area contributed by atoms with Crippen LogP contribution in [0.5, 0.6) is 0 Å². The monoisotopic (exact) mass is 1410 g/mol. The van der Waals surface area contributed by atoms with Crippen molar-refractivity contribution in [2.45, 2.75) is 137 Å². The van der Waals surface area contributed by atoms with Gasteiger partial charge >= 0.3 is 20.4 Å². The Kier molecular flexibility index (Phi) is 20.0. The van der Waals surface area contributed by atoms with Crippen LogP contribution in [0, 0.1) is 11.8 Å². The standard InChI is InChI=1S/C21H19N9O2S.C16H12BrN7OS.C11H19BN2O3.C10H16BNO2.C3H4O3/c31-8-7-28-10-15(9-22-28)14-3-4-18-25-26-21(29(18)11-14)33-19-6-5-17-23-16(12-30(17)27-19)24-20(32)13-1-2-13;17-10-3-4-13-20-21-16(23(13)7-10)26-14-6-5-12-18-11(8-24(12)22-14)19-15(25)9-1-2-9;1-10(2)11(3,4)17-12(16-10)9-7-13-14(8-9)5-6-15;1-9(2)10(3,4)14-11(13-9)8-5-6-12-7-8;4-3-5-1-2-6-3/h3-6,9-13,31H,1-2,7-8H2,(H,24,32);3-9H,1-2H2,(H,19,25);7-8,15H,5-6H2,1-4H3;5,7H,6H2,1-4H3;1-2H2. The van der Waals surface area contributed by atoms with Gasteiger partial charge in [-0.3, -0.25) is 32.7 Å². The van der Waals surface area contributed by atoms with Crippen LogP contribution in [0.15, 0.2) is 139 Å². The Bertz CT molecular complexity index is 4500. The molecular weight excluding hydrogens is 1340 g/mol. The number of cyclic esters (lactones) is 2. The van der Waals surface area contributed by atoms with Gasteiger partial charge in [0.1, 0.15) is 23.3 Å². The number of rotatable bonds is 15. The van der Waals surface area contributed by atoms with Crippen LogP contribution >= 0.6 is 39.5 Å². The molecule has 0 atom stereocenters. The summed E-state index contributed by atoms with van der Waals surface area (Å²) >= 11 is 6.25. The first-order chi connectivity index (χ1) is 46.0. The number of carbonyl (C=O) groups excluding carboxylic acids is 3. The molecular formula is C61H70B2BrN19O11S2. The Labute approximate surface area is 567 Å². The number of imidazole rings is 2. The second-order valence-electron chi connectivity index (χ2n) is 24.9. The number of ether oxygens (including phenoxy) is 2. The second kappa shape index (κ2) is 28.3. The molecule has 5 fully saturated rings. The van der Waals surface area contributed by atoms with E-state index in [0.717, 1.165) is 85.3 Å². The molecule has 10 aromatic rings. The van der Waals surface area contributed by atoms with Gasteiger partial charge in [0.25, 0.3) is 0 Å². The minimum atomic E-state index is -0.546. The first-order valence-corrected chi connectivity index (χ1v) is 33.4. The van der Waals surface area contributed by atoms with Crippen molar-refractivity contribution in [3.63, 3.8) is 0 Å². The number of aliphatic hydroxyl groups excluding tert-OH is 2. The Balaban J connectivity index is 0.000000124. The van der Waals surface area contributed by atoms with E-state index in [1.54, 1.807) is 43.2 Å². The fourth-order valence-electron chi connectivity index (χ4n) is 9.56. The van der Waals surface area contributed by atoms with Crippen LogP contribution in [-0.4, -0.2) is 182 Å². The Morgan fingerprint density at radius 2 is 1.08 bits per heavy atom. The van der Waals surface area contributed by atoms with Crippen molar-refractivity contribution in [2.24, 2.45) is 16.8 Å². The molecule has 0 unspecified atom stereocenters. The second-order valence-corrected chi connectivity index (χ2v) is 27.8. The number of fused-ring (bicyclic) bond motifs is 4. The number of hydrogen-bond donors (Lipinski definition) is 4. The molecule has 0 bridgehead atoms. The van der Waals surface area contributed by atoms with E-state index in [1.165, 1.54) is 23.5 Å². The minimum Gasteiger partial charge on any atom is -0.431 e. The molecule has 500 valence electrons. The molecule has 0 aromatic carbocycles. The molecule has 3 saturated heterocycles. The molecule has 10 aromatic heterocycles. The van der Waals surface area contributed by atoms with Crippen molar-refractivity contribution in [2.75, 3.05) is 43.6 Å². The van der Waals surface area contributed by atoms with E-state index in [-0.39, 0.29) is 73.5 Å². The lowest BCUT2D eigenvalue weighted by molar-refractivity contribution is -0.118. The molecule has 0 radical (unpaired) electrons. The van der Waals surface area contributed by atoms with Gasteiger partial charge in [0.15, 0.2) is 34.2 Å². The summed E-state index contributed by atoms with van der Waals surface area (Å²) in [5, 5.41) is 61.0. The van der Waals surface area contributed by atoms with Crippen molar-refractivity contribution in [3.8, 4) is 11.1 Å².